The molecule has 2 aromatic carbocycles. The molecule has 1 atom stereocenters. The lowest BCUT2D eigenvalue weighted by atomic mass is 10.1. The zero-order chi connectivity index (χ0) is 24.8. The largest absolute Gasteiger partial charge is 0.497 e. The topological polar surface area (TPSA) is 79.1 Å². The minimum Gasteiger partial charge on any atom is -0.497 e. The molecule has 0 radical (unpaired) electrons. The molecule has 2 amide bonds. The molecule has 1 aromatic heterocycles. The third-order valence-corrected chi connectivity index (χ3v) is 6.47. The third kappa shape index (κ3) is 6.08. The molecule has 4 rings (SSSR count). The van der Waals surface area contributed by atoms with Crippen molar-refractivity contribution in [1.82, 2.24) is 19.7 Å². The van der Waals surface area contributed by atoms with Crippen LogP contribution in [0, 0.1) is 0 Å². The molecule has 1 aliphatic heterocycles. The van der Waals surface area contributed by atoms with Crippen molar-refractivity contribution in [3.63, 3.8) is 0 Å². The number of methoxy groups -OCH3 is 1. The number of nitrogens with zero attached hydrogens (tertiary/aromatic N) is 4. The maximum Gasteiger partial charge on any atom is 0.275 e. The van der Waals surface area contributed by atoms with Crippen LogP contribution in [-0.2, 0) is 17.9 Å². The number of benzene rings is 2. The smallest absolute Gasteiger partial charge is 0.275 e. The van der Waals surface area contributed by atoms with Gasteiger partial charge in [0.2, 0.25) is 11.8 Å². The maximum absolute atomic E-state index is 13.0. The molecule has 2 heterocycles. The molecule has 1 saturated heterocycles. The Labute approximate surface area is 206 Å². The van der Waals surface area contributed by atoms with Crippen molar-refractivity contribution in [3.05, 3.63) is 83.6 Å². The average Bonchev–Trinajstić information content (AvgIpc) is 3.36. The van der Waals surface area contributed by atoms with Crippen LogP contribution in [0.15, 0.2) is 65.3 Å². The molecule has 0 spiro atoms. The van der Waals surface area contributed by atoms with E-state index >= 15 is 0 Å². The molecule has 184 valence electrons. The Hall–Kier alpha value is -3.65. The van der Waals surface area contributed by atoms with Crippen molar-refractivity contribution >= 4 is 11.8 Å². The van der Waals surface area contributed by atoms with Crippen molar-refractivity contribution in [3.8, 4) is 5.75 Å². The Balaban J connectivity index is 1.49. The number of carbonyl (C=O) groups is 2. The highest BCUT2D eigenvalue weighted by molar-refractivity contribution is 5.92. The van der Waals surface area contributed by atoms with Crippen molar-refractivity contribution in [2.24, 2.45) is 0 Å². The van der Waals surface area contributed by atoms with E-state index in [1.807, 2.05) is 36.4 Å². The first-order valence-corrected chi connectivity index (χ1v) is 11.9. The molecule has 0 bridgehead atoms. The van der Waals surface area contributed by atoms with E-state index in [0.717, 1.165) is 11.3 Å². The lowest BCUT2D eigenvalue weighted by Crippen LogP contribution is -2.50. The van der Waals surface area contributed by atoms with Gasteiger partial charge in [0, 0.05) is 45.7 Å². The molecule has 8 heteroatoms. The van der Waals surface area contributed by atoms with Crippen LogP contribution in [-0.4, -0.2) is 64.8 Å². The summed E-state index contributed by atoms with van der Waals surface area (Å²) >= 11 is 0. The van der Waals surface area contributed by atoms with Gasteiger partial charge in [0.25, 0.3) is 5.91 Å². The third-order valence-electron chi connectivity index (χ3n) is 6.47. The Kier molecular flexibility index (Phi) is 7.82. The summed E-state index contributed by atoms with van der Waals surface area (Å²) in [5.41, 5.74) is 2.59. The highest BCUT2D eigenvalue weighted by Crippen LogP contribution is 2.26. The highest BCUT2D eigenvalue weighted by atomic mass is 16.5. The van der Waals surface area contributed by atoms with E-state index in [1.54, 1.807) is 23.8 Å². The van der Waals surface area contributed by atoms with Crippen LogP contribution in [0.4, 0.5) is 0 Å². The minimum absolute atomic E-state index is 0.0319. The Morgan fingerprint density at radius 3 is 2.43 bits per heavy atom. The fourth-order valence-corrected chi connectivity index (χ4v) is 4.32. The van der Waals surface area contributed by atoms with E-state index in [9.17, 15) is 9.59 Å². The zero-order valence-corrected chi connectivity index (χ0v) is 20.5. The number of hydrogen-bond acceptors (Lipinski definition) is 6. The number of rotatable bonds is 8. The van der Waals surface area contributed by atoms with Gasteiger partial charge in [0.15, 0.2) is 5.69 Å². The van der Waals surface area contributed by atoms with Gasteiger partial charge >= 0.3 is 0 Å². The molecule has 35 heavy (non-hydrogen) atoms. The molecule has 3 aromatic rings. The molecular weight excluding hydrogens is 444 g/mol. The molecule has 0 saturated carbocycles. The standard InChI is InChI=1S/C27H32N4O4/c1-20(23-9-5-4-6-10-23)31(17-22-8-7-11-24(16-22)34-3)18-26-28-25(19-35-26)27(33)30-14-12-29(13-15-30)21(2)32/h4-11,16,19-20H,12-15,17-18H2,1-3H3/t20-/m1/s1. The van der Waals surface area contributed by atoms with Crippen LogP contribution in [0.25, 0.3) is 0 Å². The fourth-order valence-electron chi connectivity index (χ4n) is 4.32. The molecule has 1 fully saturated rings. The van der Waals surface area contributed by atoms with Crippen LogP contribution >= 0.6 is 0 Å². The molecular formula is C27H32N4O4. The SMILES string of the molecule is COc1cccc(CN(Cc2nc(C(=O)N3CCN(C(C)=O)CC3)co2)[C@H](C)c2ccccc2)c1. The lowest BCUT2D eigenvalue weighted by molar-refractivity contribution is -0.130. The van der Waals surface area contributed by atoms with Crippen LogP contribution in [0.2, 0.25) is 0 Å². The van der Waals surface area contributed by atoms with Crippen molar-refractivity contribution < 1.29 is 18.7 Å². The normalized spacial score (nSPS) is 14.7. The van der Waals surface area contributed by atoms with Crippen LogP contribution in [0.5, 0.6) is 5.75 Å². The van der Waals surface area contributed by atoms with E-state index in [0.29, 0.717) is 50.9 Å². The molecule has 0 unspecified atom stereocenters. The van der Waals surface area contributed by atoms with E-state index in [1.165, 1.54) is 11.8 Å². The van der Waals surface area contributed by atoms with Gasteiger partial charge in [-0.1, -0.05) is 42.5 Å². The Morgan fingerprint density at radius 2 is 1.74 bits per heavy atom. The summed E-state index contributed by atoms with van der Waals surface area (Å²) in [6.07, 6.45) is 1.44. The summed E-state index contributed by atoms with van der Waals surface area (Å²) in [7, 11) is 1.66. The first-order valence-electron chi connectivity index (χ1n) is 11.9. The fraction of sp³-hybridized carbons (Fsp3) is 0.370. The number of ether oxygens (including phenoxy) is 1. The van der Waals surface area contributed by atoms with E-state index in [2.05, 4.69) is 35.0 Å². The highest BCUT2D eigenvalue weighted by Gasteiger charge is 2.26. The first kappa shape index (κ1) is 24.5. The predicted octanol–water partition coefficient (Wildman–Crippen LogP) is 3.75. The summed E-state index contributed by atoms with van der Waals surface area (Å²) < 4.78 is 11.1. The van der Waals surface area contributed by atoms with Gasteiger partial charge in [-0.3, -0.25) is 14.5 Å². The summed E-state index contributed by atoms with van der Waals surface area (Å²) in [6.45, 7) is 6.86. The van der Waals surface area contributed by atoms with Crippen molar-refractivity contribution in [2.75, 3.05) is 33.3 Å². The minimum atomic E-state index is -0.168. The molecule has 8 nitrogen and oxygen atoms in total. The van der Waals surface area contributed by atoms with Crippen molar-refractivity contribution in [2.45, 2.75) is 33.0 Å². The monoisotopic (exact) mass is 476 g/mol. The average molecular weight is 477 g/mol. The molecule has 0 aliphatic carbocycles. The maximum atomic E-state index is 13.0. The number of amides is 2. The second-order valence-electron chi connectivity index (χ2n) is 8.77. The van der Waals surface area contributed by atoms with Crippen LogP contribution < -0.4 is 4.74 Å². The summed E-state index contributed by atoms with van der Waals surface area (Å²) in [5.74, 6) is 1.16. The predicted molar refractivity (Wildman–Crippen MR) is 132 cm³/mol. The second kappa shape index (κ2) is 11.2. The van der Waals surface area contributed by atoms with E-state index in [4.69, 9.17) is 9.15 Å². The number of piperazine rings is 1. The zero-order valence-electron chi connectivity index (χ0n) is 20.5. The summed E-state index contributed by atoms with van der Waals surface area (Å²) in [4.78, 5) is 34.8. The van der Waals surface area contributed by atoms with Gasteiger partial charge in [-0.2, -0.15) is 0 Å². The van der Waals surface area contributed by atoms with Gasteiger partial charge in [-0.25, -0.2) is 4.98 Å². The van der Waals surface area contributed by atoms with Gasteiger partial charge < -0.3 is 19.0 Å². The van der Waals surface area contributed by atoms with Gasteiger partial charge in [0.1, 0.15) is 12.0 Å². The first-order chi connectivity index (χ1) is 16.9. The van der Waals surface area contributed by atoms with Gasteiger partial charge in [-0.05, 0) is 30.2 Å². The summed E-state index contributed by atoms with van der Waals surface area (Å²) in [5, 5.41) is 0. The molecule has 0 N–H and O–H groups in total. The Bertz CT molecular complexity index is 1140. The van der Waals surface area contributed by atoms with Crippen LogP contribution in [0.3, 0.4) is 0 Å². The van der Waals surface area contributed by atoms with E-state index in [-0.39, 0.29) is 17.9 Å². The number of hydrogen-bond donors (Lipinski definition) is 0. The number of carbonyl (C=O) groups excluding carboxylic acids is 2. The van der Waals surface area contributed by atoms with Crippen LogP contribution in [0.1, 0.15) is 47.4 Å². The molecule has 1 aliphatic rings. The van der Waals surface area contributed by atoms with E-state index < -0.39 is 0 Å². The lowest BCUT2D eigenvalue weighted by Gasteiger charge is -2.33. The quantitative estimate of drug-likeness (QED) is 0.493. The van der Waals surface area contributed by atoms with Gasteiger partial charge in [0.05, 0.1) is 13.7 Å². The Morgan fingerprint density at radius 1 is 1.03 bits per heavy atom. The number of aromatic nitrogens is 1. The van der Waals surface area contributed by atoms with Crippen molar-refractivity contribution in [1.29, 1.82) is 0 Å². The second-order valence-corrected chi connectivity index (χ2v) is 8.77. The van der Waals surface area contributed by atoms with Gasteiger partial charge in [-0.15, -0.1) is 0 Å². The summed E-state index contributed by atoms with van der Waals surface area (Å²) in [6, 6.07) is 18.4. The number of oxazole rings is 1.